The number of sulfonamides is 1. The molecule has 0 aliphatic carbocycles. The number of rotatable bonds is 5. The van der Waals surface area contributed by atoms with Crippen molar-refractivity contribution in [2.24, 2.45) is 0 Å². The summed E-state index contributed by atoms with van der Waals surface area (Å²) in [6, 6.07) is 8.13. The van der Waals surface area contributed by atoms with Crippen molar-refractivity contribution in [2.75, 3.05) is 4.72 Å². The number of carboxylic acids is 1. The molecule has 29 heavy (non-hydrogen) atoms. The number of halogens is 1. The van der Waals surface area contributed by atoms with Gasteiger partial charge >= 0.3 is 5.97 Å². The van der Waals surface area contributed by atoms with Crippen molar-refractivity contribution in [2.45, 2.75) is 31.1 Å². The fourth-order valence-corrected chi connectivity index (χ4v) is 5.04. The van der Waals surface area contributed by atoms with E-state index < -0.39 is 16.0 Å². The van der Waals surface area contributed by atoms with Crippen molar-refractivity contribution < 1.29 is 18.3 Å². The number of benzene rings is 1. The second-order valence-corrected chi connectivity index (χ2v) is 10.4. The fraction of sp³-hybridized carbons (Fsp3) is 0.200. The molecule has 2 N–H and O–H groups in total. The lowest BCUT2D eigenvalue weighted by Crippen LogP contribution is -2.17. The molecule has 3 aromatic rings. The van der Waals surface area contributed by atoms with Gasteiger partial charge in [-0.2, -0.15) is 0 Å². The molecule has 2 heterocycles. The number of nitrogens with zero attached hydrogens (tertiary/aromatic N) is 1. The zero-order valence-electron chi connectivity index (χ0n) is 15.9. The molecule has 0 unspecified atom stereocenters. The molecule has 0 bridgehead atoms. The zero-order chi connectivity index (χ0) is 21.4. The quantitative estimate of drug-likeness (QED) is 0.552. The predicted octanol–water partition coefficient (Wildman–Crippen LogP) is 5.26. The van der Waals surface area contributed by atoms with Gasteiger partial charge in [0.05, 0.1) is 15.6 Å². The molecule has 0 spiro atoms. The summed E-state index contributed by atoms with van der Waals surface area (Å²) in [4.78, 5) is 15.2. The van der Waals surface area contributed by atoms with Crippen LogP contribution >= 0.6 is 22.9 Å². The van der Waals surface area contributed by atoms with Crippen LogP contribution in [0.1, 0.15) is 36.0 Å². The molecule has 0 saturated carbocycles. The summed E-state index contributed by atoms with van der Waals surface area (Å²) in [5.41, 5.74) is 1.69. The van der Waals surface area contributed by atoms with Crippen LogP contribution in [0.4, 0.5) is 5.69 Å². The second kappa shape index (κ2) is 7.78. The zero-order valence-corrected chi connectivity index (χ0v) is 18.3. The minimum atomic E-state index is -4.08. The van der Waals surface area contributed by atoms with Crippen molar-refractivity contribution in [3.8, 4) is 11.1 Å². The topological polar surface area (TPSA) is 96.4 Å². The van der Waals surface area contributed by atoms with Crippen molar-refractivity contribution in [1.82, 2.24) is 4.98 Å². The Hall–Kier alpha value is -2.42. The van der Waals surface area contributed by atoms with Gasteiger partial charge in [-0.15, -0.1) is 11.3 Å². The molecule has 0 radical (unpaired) electrons. The third kappa shape index (κ3) is 4.44. The monoisotopic (exact) mass is 450 g/mol. The van der Waals surface area contributed by atoms with Crippen LogP contribution in [0, 0.1) is 0 Å². The summed E-state index contributed by atoms with van der Waals surface area (Å²) >= 11 is 7.25. The molecule has 0 amide bonds. The van der Waals surface area contributed by atoms with Crippen molar-refractivity contribution in [3.05, 3.63) is 63.6 Å². The van der Waals surface area contributed by atoms with Crippen LogP contribution in [0.25, 0.3) is 11.1 Å². The molecule has 0 saturated heterocycles. The van der Waals surface area contributed by atoms with Crippen LogP contribution in [0.5, 0.6) is 0 Å². The lowest BCUT2D eigenvalue weighted by molar-refractivity contribution is 0.0703. The standard InChI is InChI=1S/C20H19ClN2O4S2/c1-20(2,3)12-4-5-17(14(10-12)13-6-8-22-11-15(13)21)29(26,27)23-16-7-9-28-18(16)19(24)25/h4-11,23H,1-3H3,(H,24,25). The Bertz CT molecular complexity index is 1180. The Morgan fingerprint density at radius 3 is 2.52 bits per heavy atom. The van der Waals surface area contributed by atoms with Gasteiger partial charge in [0.15, 0.2) is 0 Å². The number of hydrogen-bond acceptors (Lipinski definition) is 5. The van der Waals surface area contributed by atoms with E-state index in [1.54, 1.807) is 18.2 Å². The first-order valence-corrected chi connectivity index (χ1v) is 11.3. The van der Waals surface area contributed by atoms with Crippen molar-refractivity contribution in [3.63, 3.8) is 0 Å². The van der Waals surface area contributed by atoms with E-state index in [-0.39, 0.29) is 20.9 Å². The van der Waals surface area contributed by atoms with Crippen molar-refractivity contribution >= 4 is 44.6 Å². The Kier molecular flexibility index (Phi) is 5.71. The van der Waals surface area contributed by atoms with Gasteiger partial charge in [0, 0.05) is 23.5 Å². The number of nitrogens with one attached hydrogen (secondary N) is 1. The lowest BCUT2D eigenvalue weighted by atomic mass is 9.85. The van der Waals surface area contributed by atoms with E-state index in [9.17, 15) is 18.3 Å². The van der Waals surface area contributed by atoms with Gasteiger partial charge in [0.2, 0.25) is 0 Å². The van der Waals surface area contributed by atoms with Crippen molar-refractivity contribution in [1.29, 1.82) is 0 Å². The molecule has 0 atom stereocenters. The minimum Gasteiger partial charge on any atom is -0.477 e. The fourth-order valence-electron chi connectivity index (χ4n) is 2.79. The molecule has 3 rings (SSSR count). The van der Waals surface area contributed by atoms with Crippen LogP contribution in [0.2, 0.25) is 5.02 Å². The highest BCUT2D eigenvalue weighted by Crippen LogP contribution is 2.37. The summed E-state index contributed by atoms with van der Waals surface area (Å²) in [5, 5.41) is 11.1. The number of thiophene rings is 1. The molecule has 0 aliphatic rings. The summed E-state index contributed by atoms with van der Waals surface area (Å²) in [6.07, 6.45) is 2.99. The molecule has 0 fully saturated rings. The minimum absolute atomic E-state index is 0.00105. The maximum atomic E-state index is 13.2. The normalized spacial score (nSPS) is 12.0. The summed E-state index contributed by atoms with van der Waals surface area (Å²) in [7, 11) is -4.08. The smallest absolute Gasteiger partial charge is 0.348 e. The van der Waals surface area contributed by atoms with Gasteiger partial charge in [-0.3, -0.25) is 9.71 Å². The van der Waals surface area contributed by atoms with E-state index in [0.29, 0.717) is 16.1 Å². The number of aromatic carboxylic acids is 1. The number of aromatic nitrogens is 1. The van der Waals surface area contributed by atoms with E-state index in [0.717, 1.165) is 16.9 Å². The highest BCUT2D eigenvalue weighted by Gasteiger charge is 2.26. The molecule has 0 aliphatic heterocycles. The van der Waals surface area contributed by atoms with Crippen LogP contribution < -0.4 is 4.72 Å². The number of carbonyl (C=O) groups is 1. The summed E-state index contributed by atoms with van der Waals surface area (Å²) in [6.45, 7) is 6.07. The number of anilines is 1. The maximum absolute atomic E-state index is 13.2. The second-order valence-electron chi connectivity index (χ2n) is 7.39. The SMILES string of the molecule is CC(C)(C)c1ccc(S(=O)(=O)Nc2ccsc2C(=O)O)c(-c2ccncc2Cl)c1. The van der Waals surface area contributed by atoms with E-state index in [4.69, 9.17) is 11.6 Å². The lowest BCUT2D eigenvalue weighted by Gasteiger charge is -2.22. The average molecular weight is 451 g/mol. The number of hydrogen-bond donors (Lipinski definition) is 2. The van der Waals surface area contributed by atoms with Gasteiger partial charge in [-0.1, -0.05) is 38.4 Å². The van der Waals surface area contributed by atoms with E-state index >= 15 is 0 Å². The molecule has 9 heteroatoms. The van der Waals surface area contributed by atoms with Gasteiger partial charge in [-0.05, 0) is 40.6 Å². The number of pyridine rings is 1. The third-order valence-corrected chi connectivity index (χ3v) is 6.93. The third-order valence-electron chi connectivity index (χ3n) is 4.30. The Balaban J connectivity index is 2.19. The first-order valence-electron chi connectivity index (χ1n) is 8.59. The highest BCUT2D eigenvalue weighted by atomic mass is 35.5. The molecular formula is C20H19ClN2O4S2. The molecule has 2 aromatic heterocycles. The predicted molar refractivity (Wildman–Crippen MR) is 115 cm³/mol. The Morgan fingerprint density at radius 1 is 1.17 bits per heavy atom. The molecular weight excluding hydrogens is 432 g/mol. The first-order chi connectivity index (χ1) is 13.5. The average Bonchev–Trinajstić information content (AvgIpc) is 3.08. The molecule has 152 valence electrons. The summed E-state index contributed by atoms with van der Waals surface area (Å²) in [5.74, 6) is -1.20. The summed E-state index contributed by atoms with van der Waals surface area (Å²) < 4.78 is 28.8. The van der Waals surface area contributed by atoms with Crippen LogP contribution in [-0.4, -0.2) is 24.5 Å². The van der Waals surface area contributed by atoms with Gasteiger partial charge in [0.25, 0.3) is 10.0 Å². The van der Waals surface area contributed by atoms with Crippen LogP contribution in [0.15, 0.2) is 53.0 Å². The van der Waals surface area contributed by atoms with Gasteiger partial charge in [-0.25, -0.2) is 13.2 Å². The van der Waals surface area contributed by atoms with E-state index in [2.05, 4.69) is 9.71 Å². The maximum Gasteiger partial charge on any atom is 0.348 e. The first kappa shape index (κ1) is 21.3. The van der Waals surface area contributed by atoms with Crippen LogP contribution in [-0.2, 0) is 15.4 Å². The van der Waals surface area contributed by atoms with Crippen LogP contribution in [0.3, 0.4) is 0 Å². The van der Waals surface area contributed by atoms with E-state index in [1.165, 1.54) is 29.9 Å². The largest absolute Gasteiger partial charge is 0.477 e. The molecule has 1 aromatic carbocycles. The van der Waals surface area contributed by atoms with Gasteiger partial charge < -0.3 is 5.11 Å². The highest BCUT2D eigenvalue weighted by molar-refractivity contribution is 7.92. The number of carboxylic acid groups (broad SMARTS) is 1. The Labute approximate surface area is 178 Å². The molecule has 6 nitrogen and oxygen atoms in total. The van der Waals surface area contributed by atoms with E-state index in [1.807, 2.05) is 20.8 Å². The Morgan fingerprint density at radius 2 is 1.90 bits per heavy atom. The van der Waals surface area contributed by atoms with Gasteiger partial charge in [0.1, 0.15) is 4.88 Å².